The first-order valence-electron chi connectivity index (χ1n) is 4.99. The number of halogens is 1. The maximum absolute atomic E-state index is 12.1. The van der Waals surface area contributed by atoms with E-state index in [9.17, 15) is 9.00 Å². The zero-order valence-corrected chi connectivity index (χ0v) is 11.8. The molecule has 0 bridgehead atoms. The highest BCUT2D eigenvalue weighted by Gasteiger charge is 2.36. The first kappa shape index (κ1) is 12.3. The highest BCUT2D eigenvalue weighted by atomic mass is 35.5. The van der Waals surface area contributed by atoms with Gasteiger partial charge in [-0.05, 0) is 17.4 Å². The van der Waals surface area contributed by atoms with Gasteiger partial charge < -0.3 is 0 Å². The van der Waals surface area contributed by atoms with Gasteiger partial charge in [-0.3, -0.25) is 9.00 Å². The molecule has 5 heteroatoms. The van der Waals surface area contributed by atoms with Crippen molar-refractivity contribution in [3.05, 3.63) is 15.5 Å². The summed E-state index contributed by atoms with van der Waals surface area (Å²) >= 11 is 7.42. The summed E-state index contributed by atoms with van der Waals surface area (Å²) in [5.41, 5.74) is 1.50. The smallest absolute Gasteiger partial charge is 0.165 e. The molecule has 0 aliphatic heterocycles. The number of fused-ring (bicyclic) bond motifs is 1. The van der Waals surface area contributed by atoms with Gasteiger partial charge in [0, 0.05) is 18.2 Å². The van der Waals surface area contributed by atoms with Gasteiger partial charge in [0.1, 0.15) is 4.21 Å². The third kappa shape index (κ3) is 1.98. The predicted molar refractivity (Wildman–Crippen MR) is 68.1 cm³/mol. The minimum Gasteiger partial charge on any atom is -0.294 e. The highest BCUT2D eigenvalue weighted by molar-refractivity contribution is 7.86. The largest absolute Gasteiger partial charge is 0.294 e. The van der Waals surface area contributed by atoms with Crippen LogP contribution in [0.2, 0.25) is 4.34 Å². The van der Waals surface area contributed by atoms with Crippen molar-refractivity contribution in [2.75, 3.05) is 6.26 Å². The average Bonchev–Trinajstić information content (AvgIpc) is 2.42. The van der Waals surface area contributed by atoms with Crippen molar-refractivity contribution in [3.8, 4) is 0 Å². The summed E-state index contributed by atoms with van der Waals surface area (Å²) in [6, 6.07) is 0. The Morgan fingerprint density at radius 3 is 2.56 bits per heavy atom. The van der Waals surface area contributed by atoms with Crippen LogP contribution in [0.3, 0.4) is 0 Å². The summed E-state index contributed by atoms with van der Waals surface area (Å²) in [7, 11) is -1.13. The summed E-state index contributed by atoms with van der Waals surface area (Å²) in [6.45, 7) is 4.12. The van der Waals surface area contributed by atoms with Gasteiger partial charge in [-0.2, -0.15) is 0 Å². The third-order valence-corrected chi connectivity index (χ3v) is 5.71. The Labute approximate surface area is 106 Å². The monoisotopic (exact) mass is 276 g/mol. The lowest BCUT2D eigenvalue weighted by atomic mass is 9.75. The number of rotatable bonds is 1. The van der Waals surface area contributed by atoms with Crippen molar-refractivity contribution < 1.29 is 9.00 Å². The molecular weight excluding hydrogens is 264 g/mol. The van der Waals surface area contributed by atoms with Crippen LogP contribution in [0.4, 0.5) is 0 Å². The van der Waals surface area contributed by atoms with Crippen LogP contribution in [0.1, 0.15) is 36.2 Å². The Bertz CT molecular complexity index is 488. The first-order valence-corrected chi connectivity index (χ1v) is 7.75. The molecule has 0 unspecified atom stereocenters. The highest BCUT2D eigenvalue weighted by Crippen LogP contribution is 2.44. The normalized spacial score (nSPS) is 20.6. The molecule has 1 aliphatic rings. The second kappa shape index (κ2) is 3.93. The maximum atomic E-state index is 12.1. The average molecular weight is 277 g/mol. The number of hydrogen-bond donors (Lipinski definition) is 0. The molecule has 0 saturated heterocycles. The van der Waals surface area contributed by atoms with Crippen LogP contribution < -0.4 is 0 Å². The number of ketones is 1. The lowest BCUT2D eigenvalue weighted by molar-refractivity contribution is 0.0910. The molecule has 0 radical (unpaired) electrons. The van der Waals surface area contributed by atoms with Crippen LogP contribution >= 0.6 is 22.9 Å². The summed E-state index contributed by atoms with van der Waals surface area (Å²) in [5, 5.41) is 0. The van der Waals surface area contributed by atoms with E-state index >= 15 is 0 Å². The van der Waals surface area contributed by atoms with Crippen molar-refractivity contribution in [3.63, 3.8) is 0 Å². The first-order chi connectivity index (χ1) is 7.32. The van der Waals surface area contributed by atoms with Crippen molar-refractivity contribution in [2.24, 2.45) is 5.41 Å². The Morgan fingerprint density at radius 1 is 1.38 bits per heavy atom. The summed E-state index contributed by atoms with van der Waals surface area (Å²) < 4.78 is 12.8. The van der Waals surface area contributed by atoms with Crippen LogP contribution in [0.25, 0.3) is 0 Å². The molecule has 2 rings (SSSR count). The molecule has 1 aromatic heterocycles. The number of Topliss-reactive ketones (excluding diaryl/α,β-unsaturated/α-hetero) is 1. The SMILES string of the molecule is C[S@](=O)c1sc(Cl)c2c1C(=O)CC(C)(C)C2. The molecule has 16 heavy (non-hydrogen) atoms. The van der Waals surface area contributed by atoms with Gasteiger partial charge in [-0.15, -0.1) is 11.3 Å². The van der Waals surface area contributed by atoms with Gasteiger partial charge >= 0.3 is 0 Å². The molecule has 2 nitrogen and oxygen atoms in total. The minimum atomic E-state index is -1.13. The Kier molecular flexibility index (Phi) is 3.01. The van der Waals surface area contributed by atoms with Gasteiger partial charge in [0.25, 0.3) is 0 Å². The fourth-order valence-electron chi connectivity index (χ4n) is 2.12. The lowest BCUT2D eigenvalue weighted by Gasteiger charge is -2.28. The van der Waals surface area contributed by atoms with Crippen LogP contribution in [0, 0.1) is 5.41 Å². The molecule has 0 amide bonds. The van der Waals surface area contributed by atoms with Gasteiger partial charge in [-0.25, -0.2) is 0 Å². The molecule has 0 N–H and O–H groups in total. The Morgan fingerprint density at radius 2 is 2.00 bits per heavy atom. The molecule has 1 aliphatic carbocycles. The summed E-state index contributed by atoms with van der Waals surface area (Å²) in [4.78, 5) is 12.1. The van der Waals surface area contributed by atoms with Crippen LogP contribution in [-0.4, -0.2) is 16.2 Å². The van der Waals surface area contributed by atoms with Crippen molar-refractivity contribution in [1.82, 2.24) is 0 Å². The Balaban J connectivity index is 2.62. The van der Waals surface area contributed by atoms with Gasteiger partial charge in [0.2, 0.25) is 0 Å². The molecule has 0 aromatic carbocycles. The predicted octanol–water partition coefficient (Wildman–Crippen LogP) is 3.29. The minimum absolute atomic E-state index is 0.0404. The third-order valence-electron chi connectivity index (χ3n) is 2.76. The zero-order chi connectivity index (χ0) is 12.1. The summed E-state index contributed by atoms with van der Waals surface area (Å²) in [5.74, 6) is 0.0830. The molecule has 0 fully saturated rings. The van der Waals surface area contributed by atoms with Crippen LogP contribution in [0.15, 0.2) is 4.21 Å². The van der Waals surface area contributed by atoms with Crippen molar-refractivity contribution in [2.45, 2.75) is 30.9 Å². The van der Waals surface area contributed by atoms with E-state index in [1.54, 1.807) is 6.26 Å². The van der Waals surface area contributed by atoms with Crippen molar-refractivity contribution in [1.29, 1.82) is 0 Å². The lowest BCUT2D eigenvalue weighted by Crippen LogP contribution is -2.26. The number of carbonyl (C=O) groups excluding carboxylic acids is 1. The van der Waals surface area contributed by atoms with E-state index in [1.165, 1.54) is 11.3 Å². The van der Waals surface area contributed by atoms with E-state index < -0.39 is 10.8 Å². The molecule has 0 spiro atoms. The fraction of sp³-hybridized carbons (Fsp3) is 0.545. The van der Waals surface area contributed by atoms with E-state index in [0.29, 0.717) is 20.5 Å². The second-order valence-corrected chi connectivity index (χ2v) is 8.11. The van der Waals surface area contributed by atoms with Crippen molar-refractivity contribution >= 4 is 39.5 Å². The zero-order valence-electron chi connectivity index (χ0n) is 9.43. The topological polar surface area (TPSA) is 34.1 Å². The number of hydrogen-bond acceptors (Lipinski definition) is 3. The van der Waals surface area contributed by atoms with Gasteiger partial charge in [-0.1, -0.05) is 25.4 Å². The van der Waals surface area contributed by atoms with Gasteiger partial charge in [0.15, 0.2) is 5.78 Å². The number of thiophene rings is 1. The van der Waals surface area contributed by atoms with Gasteiger partial charge in [0.05, 0.1) is 15.1 Å². The molecule has 1 aromatic rings. The standard InChI is InChI=1S/C11H13ClO2S2/c1-11(2)4-6-8(7(13)5-11)10(16(3)14)15-9(6)12/h4-5H2,1-3H3/t16-/m0/s1. The van der Waals surface area contributed by atoms with E-state index in [1.807, 2.05) is 0 Å². The number of carbonyl (C=O) groups is 1. The van der Waals surface area contributed by atoms with E-state index in [4.69, 9.17) is 11.6 Å². The molecule has 1 atom stereocenters. The fourth-order valence-corrected chi connectivity index (χ4v) is 4.70. The molecule has 1 heterocycles. The van der Waals surface area contributed by atoms with E-state index in [2.05, 4.69) is 13.8 Å². The molecular formula is C11H13ClO2S2. The summed E-state index contributed by atoms with van der Waals surface area (Å²) in [6.07, 6.45) is 2.90. The second-order valence-electron chi connectivity index (χ2n) is 4.91. The molecule has 88 valence electrons. The quantitative estimate of drug-likeness (QED) is 0.789. The van der Waals surface area contributed by atoms with E-state index in [-0.39, 0.29) is 11.2 Å². The Hall–Kier alpha value is -0.190. The maximum Gasteiger partial charge on any atom is 0.165 e. The van der Waals surface area contributed by atoms with E-state index in [0.717, 1.165) is 12.0 Å². The molecule has 0 saturated carbocycles. The van der Waals surface area contributed by atoms with Crippen LogP contribution in [-0.2, 0) is 17.2 Å². The van der Waals surface area contributed by atoms with Crippen LogP contribution in [0.5, 0.6) is 0 Å².